The van der Waals surface area contributed by atoms with Crippen molar-refractivity contribution in [1.82, 2.24) is 19.9 Å². The van der Waals surface area contributed by atoms with Crippen molar-refractivity contribution in [3.8, 4) is 0 Å². The Bertz CT molecular complexity index is 926. The van der Waals surface area contributed by atoms with E-state index in [0.717, 1.165) is 5.69 Å². The molecule has 2 amide bonds. The standard InChI is InChI=1S/C16H15N5O2.C2HF3O2/c22-15(11-2-1-3-17-4-11)20-7-12-8-21(16(23)14(12)9-20)13-5-18-10-19-6-13;3-2(4,5)1(6)7/h1-6,10,12,14H,7-9H2;(H,6,7)/t12-,14-;/m0./s1. The smallest absolute Gasteiger partial charge is 0.475 e. The fourth-order valence-electron chi connectivity index (χ4n) is 3.36. The number of carboxylic acids is 1. The van der Waals surface area contributed by atoms with Gasteiger partial charge in [0, 0.05) is 37.9 Å². The zero-order valence-corrected chi connectivity index (χ0v) is 15.4. The van der Waals surface area contributed by atoms with Crippen LogP contribution in [-0.2, 0) is 9.59 Å². The Kier molecular flexibility index (Phi) is 5.94. The average molecular weight is 423 g/mol. The fourth-order valence-corrected chi connectivity index (χ4v) is 3.36. The Morgan fingerprint density at radius 1 is 1.07 bits per heavy atom. The predicted molar refractivity (Wildman–Crippen MR) is 95.2 cm³/mol. The van der Waals surface area contributed by atoms with Crippen LogP contribution < -0.4 is 4.90 Å². The first-order valence-electron chi connectivity index (χ1n) is 8.74. The molecule has 2 aliphatic rings. The number of carboxylic acid groups (broad SMARTS) is 1. The number of amides is 2. The van der Waals surface area contributed by atoms with E-state index in [1.54, 1.807) is 46.7 Å². The van der Waals surface area contributed by atoms with Crippen LogP contribution in [0.3, 0.4) is 0 Å². The molecular formula is C18H16F3N5O4. The Balaban J connectivity index is 0.000000318. The molecule has 4 heterocycles. The van der Waals surface area contributed by atoms with Crippen molar-refractivity contribution in [3.05, 3.63) is 48.8 Å². The van der Waals surface area contributed by atoms with Gasteiger partial charge in [-0.3, -0.25) is 14.6 Å². The first-order valence-corrected chi connectivity index (χ1v) is 8.74. The van der Waals surface area contributed by atoms with Crippen molar-refractivity contribution < 1.29 is 32.7 Å². The van der Waals surface area contributed by atoms with Gasteiger partial charge in [0.15, 0.2) is 0 Å². The summed E-state index contributed by atoms with van der Waals surface area (Å²) in [6.07, 6.45) is 2.85. The maximum absolute atomic E-state index is 12.6. The van der Waals surface area contributed by atoms with Crippen molar-refractivity contribution >= 4 is 23.5 Å². The number of rotatable bonds is 2. The summed E-state index contributed by atoms with van der Waals surface area (Å²) < 4.78 is 31.7. The topological polar surface area (TPSA) is 117 Å². The minimum atomic E-state index is -5.08. The van der Waals surface area contributed by atoms with Crippen molar-refractivity contribution in [2.75, 3.05) is 24.5 Å². The van der Waals surface area contributed by atoms with E-state index in [9.17, 15) is 22.8 Å². The minimum absolute atomic E-state index is 0.0475. The van der Waals surface area contributed by atoms with Gasteiger partial charge in [-0.05, 0) is 12.1 Å². The molecule has 0 unspecified atom stereocenters. The van der Waals surface area contributed by atoms with Crippen LogP contribution in [0, 0.1) is 11.8 Å². The number of fused-ring (bicyclic) bond motifs is 1. The van der Waals surface area contributed by atoms with Gasteiger partial charge in [-0.2, -0.15) is 13.2 Å². The van der Waals surface area contributed by atoms with E-state index in [1.165, 1.54) is 6.33 Å². The van der Waals surface area contributed by atoms with E-state index in [-0.39, 0.29) is 23.7 Å². The predicted octanol–water partition coefficient (Wildman–Crippen LogP) is 1.24. The molecule has 12 heteroatoms. The molecule has 30 heavy (non-hydrogen) atoms. The van der Waals surface area contributed by atoms with E-state index in [2.05, 4.69) is 15.0 Å². The molecule has 0 aliphatic carbocycles. The summed E-state index contributed by atoms with van der Waals surface area (Å²) in [5.74, 6) is -2.76. The lowest BCUT2D eigenvalue weighted by atomic mass is 10.0. The number of carbonyl (C=O) groups excluding carboxylic acids is 2. The van der Waals surface area contributed by atoms with Crippen molar-refractivity contribution in [2.45, 2.75) is 6.18 Å². The van der Waals surface area contributed by atoms with Crippen LogP contribution in [0.25, 0.3) is 0 Å². The maximum atomic E-state index is 12.6. The molecule has 2 aliphatic heterocycles. The molecular weight excluding hydrogens is 407 g/mol. The van der Waals surface area contributed by atoms with Gasteiger partial charge < -0.3 is 14.9 Å². The third-order valence-electron chi connectivity index (χ3n) is 4.74. The lowest BCUT2D eigenvalue weighted by Gasteiger charge is -2.21. The first-order chi connectivity index (χ1) is 14.2. The second-order valence-corrected chi connectivity index (χ2v) is 6.67. The third kappa shape index (κ3) is 4.53. The highest BCUT2D eigenvalue weighted by molar-refractivity contribution is 5.99. The zero-order valence-electron chi connectivity index (χ0n) is 15.4. The Morgan fingerprint density at radius 3 is 2.27 bits per heavy atom. The van der Waals surface area contributed by atoms with Gasteiger partial charge in [0.2, 0.25) is 5.91 Å². The van der Waals surface area contributed by atoms with Crippen molar-refractivity contribution in [3.63, 3.8) is 0 Å². The Labute approximate surface area is 168 Å². The highest BCUT2D eigenvalue weighted by Crippen LogP contribution is 2.35. The lowest BCUT2D eigenvalue weighted by Crippen LogP contribution is -2.35. The van der Waals surface area contributed by atoms with Crippen LogP contribution in [0.5, 0.6) is 0 Å². The Hall–Kier alpha value is -3.57. The monoisotopic (exact) mass is 423 g/mol. The third-order valence-corrected chi connectivity index (χ3v) is 4.74. The maximum Gasteiger partial charge on any atom is 0.490 e. The Morgan fingerprint density at radius 2 is 1.73 bits per heavy atom. The number of aromatic nitrogens is 3. The van der Waals surface area contributed by atoms with E-state index < -0.39 is 12.1 Å². The SMILES string of the molecule is O=C(O)C(F)(F)F.O=C(c1cccnc1)N1C[C@H]2CN(c3cncnc3)C(=O)[C@H]2C1. The number of pyridine rings is 1. The molecule has 4 rings (SSSR count). The van der Waals surface area contributed by atoms with Crippen LogP contribution in [0.1, 0.15) is 10.4 Å². The number of nitrogens with zero attached hydrogens (tertiary/aromatic N) is 5. The number of halogens is 3. The summed E-state index contributed by atoms with van der Waals surface area (Å²) in [7, 11) is 0. The molecule has 0 saturated carbocycles. The highest BCUT2D eigenvalue weighted by Gasteiger charge is 2.48. The van der Waals surface area contributed by atoms with E-state index in [0.29, 0.717) is 25.2 Å². The van der Waals surface area contributed by atoms with Crippen LogP contribution in [0.2, 0.25) is 0 Å². The van der Waals surface area contributed by atoms with Crippen molar-refractivity contribution in [2.24, 2.45) is 11.8 Å². The van der Waals surface area contributed by atoms with E-state index in [4.69, 9.17) is 9.90 Å². The molecule has 2 atom stereocenters. The molecule has 0 radical (unpaired) electrons. The first kappa shape index (κ1) is 21.1. The summed E-state index contributed by atoms with van der Waals surface area (Å²) >= 11 is 0. The fraction of sp³-hybridized carbons (Fsp3) is 0.333. The molecule has 1 N–H and O–H groups in total. The minimum Gasteiger partial charge on any atom is -0.475 e. The number of likely N-dealkylation sites (tertiary alicyclic amines) is 1. The van der Waals surface area contributed by atoms with Crippen LogP contribution in [0.4, 0.5) is 18.9 Å². The average Bonchev–Trinajstić information content (AvgIpc) is 3.28. The summed E-state index contributed by atoms with van der Waals surface area (Å²) in [6, 6.07) is 3.49. The van der Waals surface area contributed by atoms with Gasteiger partial charge in [-0.25, -0.2) is 14.8 Å². The number of hydrogen-bond donors (Lipinski definition) is 1. The van der Waals surface area contributed by atoms with Crippen LogP contribution >= 0.6 is 0 Å². The molecule has 9 nitrogen and oxygen atoms in total. The summed E-state index contributed by atoms with van der Waals surface area (Å²) in [6.45, 7) is 1.66. The van der Waals surface area contributed by atoms with Crippen molar-refractivity contribution in [1.29, 1.82) is 0 Å². The van der Waals surface area contributed by atoms with Gasteiger partial charge in [-0.1, -0.05) is 0 Å². The molecule has 2 aromatic heterocycles. The molecule has 0 aromatic carbocycles. The number of alkyl halides is 3. The number of hydrogen-bond acceptors (Lipinski definition) is 6. The second-order valence-electron chi connectivity index (χ2n) is 6.67. The van der Waals surface area contributed by atoms with Gasteiger partial charge in [0.1, 0.15) is 6.33 Å². The number of anilines is 1. The normalized spacial score (nSPS) is 20.4. The molecule has 2 saturated heterocycles. The molecule has 158 valence electrons. The largest absolute Gasteiger partial charge is 0.490 e. The summed E-state index contributed by atoms with van der Waals surface area (Å²) in [4.78, 5) is 49.4. The zero-order chi connectivity index (χ0) is 21.9. The van der Waals surface area contributed by atoms with Crippen LogP contribution in [0.15, 0.2) is 43.2 Å². The van der Waals surface area contributed by atoms with Gasteiger partial charge in [-0.15, -0.1) is 0 Å². The molecule has 2 fully saturated rings. The highest BCUT2D eigenvalue weighted by atomic mass is 19.4. The van der Waals surface area contributed by atoms with Gasteiger partial charge >= 0.3 is 12.1 Å². The quantitative estimate of drug-likeness (QED) is 0.772. The van der Waals surface area contributed by atoms with Gasteiger partial charge in [0.05, 0.1) is 29.6 Å². The molecule has 2 aromatic rings. The van der Waals surface area contributed by atoms with E-state index >= 15 is 0 Å². The van der Waals surface area contributed by atoms with E-state index in [1.807, 2.05) is 0 Å². The van der Waals surface area contributed by atoms with Gasteiger partial charge in [0.25, 0.3) is 5.91 Å². The number of aliphatic carboxylic acids is 1. The molecule has 0 spiro atoms. The molecule has 0 bridgehead atoms. The second kappa shape index (κ2) is 8.43. The lowest BCUT2D eigenvalue weighted by molar-refractivity contribution is -0.192. The summed E-state index contributed by atoms with van der Waals surface area (Å²) in [5, 5.41) is 7.12. The van der Waals surface area contributed by atoms with Crippen LogP contribution in [-0.4, -0.2) is 68.6 Å². The summed E-state index contributed by atoms with van der Waals surface area (Å²) in [5.41, 5.74) is 1.28. The number of carbonyl (C=O) groups is 3.